The molecule has 0 aliphatic carbocycles. The Morgan fingerprint density at radius 1 is 1.28 bits per heavy atom. The first-order valence-corrected chi connectivity index (χ1v) is 8.21. The number of benzene rings is 1. The van der Waals surface area contributed by atoms with Crippen molar-refractivity contribution in [2.75, 3.05) is 18.4 Å². The number of carbonyl (C=O) groups is 2. The van der Waals surface area contributed by atoms with Crippen molar-refractivity contribution in [2.24, 2.45) is 0 Å². The van der Waals surface area contributed by atoms with E-state index in [0.29, 0.717) is 36.1 Å². The lowest BCUT2D eigenvalue weighted by Gasteiger charge is -2.19. The van der Waals surface area contributed by atoms with Crippen molar-refractivity contribution >= 4 is 17.6 Å². The summed E-state index contributed by atoms with van der Waals surface area (Å²) in [6, 6.07) is 5.99. The van der Waals surface area contributed by atoms with Crippen LogP contribution in [0.3, 0.4) is 0 Å². The number of nitrogens with zero attached hydrogens (tertiary/aromatic N) is 3. The Morgan fingerprint density at radius 2 is 2.00 bits per heavy atom. The van der Waals surface area contributed by atoms with E-state index in [0.717, 1.165) is 0 Å². The van der Waals surface area contributed by atoms with E-state index in [1.807, 2.05) is 13.8 Å². The minimum absolute atomic E-state index is 0.0660. The van der Waals surface area contributed by atoms with Gasteiger partial charge in [0.2, 0.25) is 5.89 Å². The monoisotopic (exact) mass is 345 g/mol. The van der Waals surface area contributed by atoms with Crippen LogP contribution in [0.1, 0.15) is 48.9 Å². The fraction of sp³-hybridized carbons (Fsp3) is 0.412. The van der Waals surface area contributed by atoms with Crippen molar-refractivity contribution in [1.82, 2.24) is 20.4 Å². The first-order chi connectivity index (χ1) is 11.9. The van der Waals surface area contributed by atoms with Crippen LogP contribution in [0.5, 0.6) is 0 Å². The SMILES string of the molecule is CCN(CC)C(=O)c1cccc(NC(=O)N[C@@H](C)c2nc(C)no2)c1. The third-order valence-corrected chi connectivity index (χ3v) is 3.68. The number of rotatable bonds is 6. The zero-order chi connectivity index (χ0) is 18.4. The predicted octanol–water partition coefficient (Wildman–Crippen LogP) is 2.74. The summed E-state index contributed by atoms with van der Waals surface area (Å²) in [6.07, 6.45) is 0. The average molecular weight is 345 g/mol. The molecule has 8 heteroatoms. The molecule has 1 aromatic heterocycles. The number of anilines is 1. The standard InChI is InChI=1S/C17H23N5O3/c1-5-22(6-2)16(23)13-8-7-9-14(10-13)20-17(24)18-11(3)15-19-12(4)21-25-15/h7-11H,5-6H2,1-4H3,(H2,18,20,24)/t11-/m0/s1. The van der Waals surface area contributed by atoms with Gasteiger partial charge in [0.25, 0.3) is 5.91 Å². The van der Waals surface area contributed by atoms with Crippen LogP contribution in [0, 0.1) is 6.92 Å². The number of nitrogens with one attached hydrogen (secondary N) is 2. The molecule has 0 radical (unpaired) electrons. The molecule has 0 spiro atoms. The van der Waals surface area contributed by atoms with Crippen LogP contribution in [0.2, 0.25) is 0 Å². The molecule has 0 saturated heterocycles. The molecule has 2 rings (SSSR count). The number of amides is 3. The van der Waals surface area contributed by atoms with Crippen molar-refractivity contribution in [3.05, 3.63) is 41.5 Å². The summed E-state index contributed by atoms with van der Waals surface area (Å²) >= 11 is 0. The number of carbonyl (C=O) groups excluding carboxylic acids is 2. The van der Waals surface area contributed by atoms with E-state index >= 15 is 0 Å². The zero-order valence-corrected chi connectivity index (χ0v) is 14.9. The van der Waals surface area contributed by atoms with E-state index < -0.39 is 12.1 Å². The maximum atomic E-state index is 12.4. The van der Waals surface area contributed by atoms with Crippen LogP contribution in [0.15, 0.2) is 28.8 Å². The molecule has 134 valence electrons. The van der Waals surface area contributed by atoms with Crippen LogP contribution >= 0.6 is 0 Å². The minimum atomic E-state index is -0.429. The van der Waals surface area contributed by atoms with Gasteiger partial charge in [0.15, 0.2) is 5.82 Å². The molecule has 2 aromatic rings. The second kappa shape index (κ2) is 8.27. The quantitative estimate of drug-likeness (QED) is 0.838. The summed E-state index contributed by atoms with van der Waals surface area (Å²) in [5, 5.41) is 9.11. The Hall–Kier alpha value is -2.90. The van der Waals surface area contributed by atoms with Crippen molar-refractivity contribution in [1.29, 1.82) is 0 Å². The zero-order valence-electron chi connectivity index (χ0n) is 14.9. The number of aryl methyl sites for hydroxylation is 1. The number of hydrogen-bond acceptors (Lipinski definition) is 5. The fourth-order valence-corrected chi connectivity index (χ4v) is 2.34. The topological polar surface area (TPSA) is 100 Å². The molecule has 25 heavy (non-hydrogen) atoms. The number of hydrogen-bond donors (Lipinski definition) is 2. The highest BCUT2D eigenvalue weighted by atomic mass is 16.5. The van der Waals surface area contributed by atoms with Gasteiger partial charge in [-0.05, 0) is 45.9 Å². The van der Waals surface area contributed by atoms with E-state index in [-0.39, 0.29) is 5.91 Å². The van der Waals surface area contributed by atoms with Gasteiger partial charge in [0.05, 0.1) is 0 Å². The van der Waals surface area contributed by atoms with Crippen LogP contribution in [0.4, 0.5) is 10.5 Å². The molecule has 0 aliphatic heterocycles. The lowest BCUT2D eigenvalue weighted by atomic mass is 10.1. The molecule has 8 nitrogen and oxygen atoms in total. The van der Waals surface area contributed by atoms with E-state index in [9.17, 15) is 9.59 Å². The summed E-state index contributed by atoms with van der Waals surface area (Å²) < 4.78 is 5.02. The van der Waals surface area contributed by atoms with E-state index in [1.165, 1.54) is 0 Å². The Kier molecular flexibility index (Phi) is 6.10. The number of urea groups is 1. The Morgan fingerprint density at radius 3 is 2.60 bits per heavy atom. The van der Waals surface area contributed by atoms with Crippen molar-refractivity contribution in [3.63, 3.8) is 0 Å². The molecule has 1 aromatic carbocycles. The lowest BCUT2D eigenvalue weighted by molar-refractivity contribution is 0.0773. The maximum absolute atomic E-state index is 12.4. The molecule has 0 aliphatic rings. The van der Waals surface area contributed by atoms with E-state index in [2.05, 4.69) is 20.8 Å². The van der Waals surface area contributed by atoms with Crippen molar-refractivity contribution in [3.8, 4) is 0 Å². The first-order valence-electron chi connectivity index (χ1n) is 8.21. The van der Waals surface area contributed by atoms with Crippen LogP contribution in [0.25, 0.3) is 0 Å². The molecule has 1 heterocycles. The molecule has 0 saturated carbocycles. The lowest BCUT2D eigenvalue weighted by Crippen LogP contribution is -2.32. The van der Waals surface area contributed by atoms with Crippen LogP contribution < -0.4 is 10.6 Å². The first kappa shape index (κ1) is 18.4. The molecule has 3 amide bonds. The van der Waals surface area contributed by atoms with Gasteiger partial charge < -0.3 is 20.1 Å². The van der Waals surface area contributed by atoms with E-state index in [1.54, 1.807) is 43.0 Å². The van der Waals surface area contributed by atoms with E-state index in [4.69, 9.17) is 4.52 Å². The van der Waals surface area contributed by atoms with Gasteiger partial charge in [0, 0.05) is 24.3 Å². The highest BCUT2D eigenvalue weighted by molar-refractivity contribution is 5.96. The molecule has 0 bridgehead atoms. The van der Waals surface area contributed by atoms with Gasteiger partial charge in [-0.3, -0.25) is 4.79 Å². The van der Waals surface area contributed by atoms with Crippen LogP contribution in [-0.4, -0.2) is 40.1 Å². The largest absolute Gasteiger partial charge is 0.339 e. The van der Waals surface area contributed by atoms with Crippen molar-refractivity contribution < 1.29 is 14.1 Å². The Bertz CT molecular complexity index is 739. The number of aromatic nitrogens is 2. The third-order valence-electron chi connectivity index (χ3n) is 3.68. The molecule has 0 unspecified atom stereocenters. The maximum Gasteiger partial charge on any atom is 0.319 e. The minimum Gasteiger partial charge on any atom is -0.339 e. The smallest absolute Gasteiger partial charge is 0.319 e. The summed E-state index contributed by atoms with van der Waals surface area (Å²) in [4.78, 5) is 30.3. The predicted molar refractivity (Wildman–Crippen MR) is 93.3 cm³/mol. The molecule has 1 atom stereocenters. The highest BCUT2D eigenvalue weighted by Gasteiger charge is 2.16. The fourth-order valence-electron chi connectivity index (χ4n) is 2.34. The molecule has 0 fully saturated rings. The summed E-state index contributed by atoms with van der Waals surface area (Å²) in [5.74, 6) is 0.772. The Labute approximate surface area is 146 Å². The third kappa shape index (κ3) is 4.79. The molecular weight excluding hydrogens is 322 g/mol. The highest BCUT2D eigenvalue weighted by Crippen LogP contribution is 2.14. The van der Waals surface area contributed by atoms with Gasteiger partial charge in [-0.2, -0.15) is 4.98 Å². The molecular formula is C17H23N5O3. The van der Waals surface area contributed by atoms with Crippen LogP contribution in [-0.2, 0) is 0 Å². The second-order valence-electron chi connectivity index (χ2n) is 5.56. The van der Waals surface area contributed by atoms with Gasteiger partial charge in [-0.1, -0.05) is 11.2 Å². The normalized spacial score (nSPS) is 11.7. The summed E-state index contributed by atoms with van der Waals surface area (Å²) in [5.41, 5.74) is 1.06. The van der Waals surface area contributed by atoms with Gasteiger partial charge in [0.1, 0.15) is 6.04 Å². The van der Waals surface area contributed by atoms with Gasteiger partial charge >= 0.3 is 6.03 Å². The molecule has 2 N–H and O–H groups in total. The summed E-state index contributed by atoms with van der Waals surface area (Å²) in [6.45, 7) is 8.57. The van der Waals surface area contributed by atoms with Gasteiger partial charge in [-0.15, -0.1) is 0 Å². The van der Waals surface area contributed by atoms with Gasteiger partial charge in [-0.25, -0.2) is 4.79 Å². The summed E-state index contributed by atoms with van der Waals surface area (Å²) in [7, 11) is 0. The average Bonchev–Trinajstić information content (AvgIpc) is 3.02. The van der Waals surface area contributed by atoms with Crippen molar-refractivity contribution in [2.45, 2.75) is 33.7 Å². The second-order valence-corrected chi connectivity index (χ2v) is 5.56. The Balaban J connectivity index is 2.01.